The van der Waals surface area contributed by atoms with E-state index in [2.05, 4.69) is 9.71 Å². The molecule has 0 amide bonds. The summed E-state index contributed by atoms with van der Waals surface area (Å²) in [5.41, 5.74) is 0.835. The zero-order valence-electron chi connectivity index (χ0n) is 11.9. The van der Waals surface area contributed by atoms with Crippen molar-refractivity contribution in [3.05, 3.63) is 30.1 Å². The zero-order valence-corrected chi connectivity index (χ0v) is 12.7. The quantitative estimate of drug-likeness (QED) is 0.606. The van der Waals surface area contributed by atoms with Crippen LogP contribution in [0.15, 0.2) is 24.5 Å². The highest BCUT2D eigenvalue weighted by Crippen LogP contribution is 2.04. The number of pyridine rings is 1. The topological polar surface area (TPSA) is 106 Å². The van der Waals surface area contributed by atoms with Gasteiger partial charge in [-0.25, -0.2) is 13.1 Å². The molecule has 0 radical (unpaired) electrons. The summed E-state index contributed by atoms with van der Waals surface area (Å²) in [6.45, 7) is 0.391. The van der Waals surface area contributed by atoms with Gasteiger partial charge in [-0.3, -0.25) is 9.78 Å². The third kappa shape index (κ3) is 7.16. The Morgan fingerprint density at radius 2 is 2.10 bits per heavy atom. The Labute approximate surface area is 124 Å². The Balaban J connectivity index is 2.53. The summed E-state index contributed by atoms with van der Waals surface area (Å²) in [5, 5.41) is 9.05. The number of rotatable bonds is 10. The number of ether oxygens (including phenoxy) is 1. The van der Waals surface area contributed by atoms with Gasteiger partial charge in [0.1, 0.15) is 6.04 Å². The van der Waals surface area contributed by atoms with Crippen LogP contribution in [0.2, 0.25) is 0 Å². The van der Waals surface area contributed by atoms with Crippen LogP contribution in [-0.4, -0.2) is 50.0 Å². The largest absolute Gasteiger partial charge is 0.480 e. The lowest BCUT2D eigenvalue weighted by Crippen LogP contribution is -2.42. The van der Waals surface area contributed by atoms with Crippen molar-refractivity contribution in [2.45, 2.75) is 25.3 Å². The van der Waals surface area contributed by atoms with Gasteiger partial charge < -0.3 is 9.84 Å². The molecule has 1 heterocycles. The molecule has 7 nitrogen and oxygen atoms in total. The van der Waals surface area contributed by atoms with Gasteiger partial charge in [-0.2, -0.15) is 0 Å². The summed E-state index contributed by atoms with van der Waals surface area (Å²) < 4.78 is 30.9. The minimum atomic E-state index is -3.65. The normalized spacial score (nSPS) is 13.0. The molecule has 2 N–H and O–H groups in total. The average Bonchev–Trinajstić information content (AvgIpc) is 2.45. The SMILES string of the molecule is COCCCC(NS(=O)(=O)CCc1ccncc1)C(=O)O. The zero-order chi connectivity index (χ0) is 15.7. The van der Waals surface area contributed by atoms with Crippen LogP contribution in [0.1, 0.15) is 18.4 Å². The monoisotopic (exact) mass is 316 g/mol. The van der Waals surface area contributed by atoms with Crippen molar-refractivity contribution >= 4 is 16.0 Å². The lowest BCUT2D eigenvalue weighted by Gasteiger charge is -2.14. The lowest BCUT2D eigenvalue weighted by molar-refractivity contribution is -0.139. The molecule has 0 spiro atoms. The molecule has 0 saturated heterocycles. The lowest BCUT2D eigenvalue weighted by atomic mass is 10.2. The summed E-state index contributed by atoms with van der Waals surface area (Å²) in [5.74, 6) is -1.34. The molecule has 0 aliphatic heterocycles. The number of aliphatic carboxylic acids is 1. The van der Waals surface area contributed by atoms with Gasteiger partial charge in [-0.15, -0.1) is 0 Å². The summed E-state index contributed by atoms with van der Waals surface area (Å²) in [7, 11) is -2.14. The summed E-state index contributed by atoms with van der Waals surface area (Å²) in [6.07, 6.45) is 4.14. The van der Waals surface area contributed by atoms with E-state index >= 15 is 0 Å². The van der Waals surface area contributed by atoms with E-state index in [4.69, 9.17) is 9.84 Å². The fourth-order valence-electron chi connectivity index (χ4n) is 1.74. The van der Waals surface area contributed by atoms with E-state index in [0.717, 1.165) is 5.56 Å². The van der Waals surface area contributed by atoms with Gasteiger partial charge in [0.25, 0.3) is 0 Å². The molecule has 1 unspecified atom stereocenters. The first-order chi connectivity index (χ1) is 9.94. The second-order valence-electron chi connectivity index (χ2n) is 4.57. The number of aromatic nitrogens is 1. The molecule has 0 bridgehead atoms. The molecular formula is C13H20N2O5S. The molecule has 0 aliphatic rings. The molecule has 8 heteroatoms. The highest BCUT2D eigenvalue weighted by molar-refractivity contribution is 7.89. The van der Waals surface area contributed by atoms with Gasteiger partial charge in [0.05, 0.1) is 5.75 Å². The first kappa shape index (κ1) is 17.5. The molecule has 21 heavy (non-hydrogen) atoms. The van der Waals surface area contributed by atoms with Crippen molar-refractivity contribution < 1.29 is 23.1 Å². The molecule has 1 rings (SSSR count). The maximum atomic E-state index is 11.9. The van der Waals surface area contributed by atoms with Gasteiger partial charge >= 0.3 is 5.97 Å². The number of hydrogen-bond donors (Lipinski definition) is 2. The Hall–Kier alpha value is -1.51. The molecule has 118 valence electrons. The molecule has 0 fully saturated rings. The summed E-state index contributed by atoms with van der Waals surface area (Å²) >= 11 is 0. The first-order valence-electron chi connectivity index (χ1n) is 6.55. The van der Waals surface area contributed by atoms with E-state index in [1.54, 1.807) is 24.5 Å². The van der Waals surface area contributed by atoms with Crippen LogP contribution in [0.4, 0.5) is 0 Å². The maximum Gasteiger partial charge on any atom is 0.321 e. The molecule has 1 aromatic rings. The average molecular weight is 316 g/mol. The van der Waals surface area contributed by atoms with E-state index < -0.39 is 22.0 Å². The molecule has 0 aliphatic carbocycles. The van der Waals surface area contributed by atoms with E-state index in [0.29, 0.717) is 19.4 Å². The third-order valence-corrected chi connectivity index (χ3v) is 4.26. The first-order valence-corrected chi connectivity index (χ1v) is 8.20. The minimum absolute atomic E-state index is 0.162. The Kier molecular flexibility index (Phi) is 7.27. The van der Waals surface area contributed by atoms with Crippen LogP contribution in [0.3, 0.4) is 0 Å². The molecular weight excluding hydrogens is 296 g/mol. The Morgan fingerprint density at radius 1 is 1.43 bits per heavy atom. The van der Waals surface area contributed by atoms with Crippen LogP contribution < -0.4 is 4.72 Å². The fourth-order valence-corrected chi connectivity index (χ4v) is 3.02. The van der Waals surface area contributed by atoms with Crippen molar-refractivity contribution in [3.8, 4) is 0 Å². The number of carbonyl (C=O) groups is 1. The van der Waals surface area contributed by atoms with E-state index in [1.165, 1.54) is 7.11 Å². The number of aryl methyl sites for hydroxylation is 1. The third-order valence-electron chi connectivity index (χ3n) is 2.87. The van der Waals surface area contributed by atoms with Gasteiger partial charge in [0.15, 0.2) is 0 Å². The number of nitrogens with zero attached hydrogens (tertiary/aromatic N) is 1. The standard InChI is InChI=1S/C13H20N2O5S/c1-20-9-2-3-12(13(16)17)15-21(18,19)10-6-11-4-7-14-8-5-11/h4-5,7-8,12,15H,2-3,6,9-10H2,1H3,(H,16,17). The van der Waals surface area contributed by atoms with Gasteiger partial charge in [0.2, 0.25) is 10.0 Å². The molecule has 0 aromatic carbocycles. The van der Waals surface area contributed by atoms with Crippen molar-refractivity contribution in [1.29, 1.82) is 0 Å². The van der Waals surface area contributed by atoms with E-state index in [-0.39, 0.29) is 12.2 Å². The smallest absolute Gasteiger partial charge is 0.321 e. The van der Waals surface area contributed by atoms with Gasteiger partial charge in [-0.1, -0.05) is 0 Å². The number of carboxylic acids is 1. The van der Waals surface area contributed by atoms with Crippen LogP contribution in [0, 0.1) is 0 Å². The predicted octanol–water partition coefficient (Wildman–Crippen LogP) is 0.423. The van der Waals surface area contributed by atoms with Crippen LogP contribution in [-0.2, 0) is 26.0 Å². The number of carboxylic acid groups (broad SMARTS) is 1. The van der Waals surface area contributed by atoms with E-state index in [1.807, 2.05) is 0 Å². The second kappa shape index (κ2) is 8.71. The van der Waals surface area contributed by atoms with E-state index in [9.17, 15) is 13.2 Å². The van der Waals surface area contributed by atoms with Crippen molar-refractivity contribution in [2.75, 3.05) is 19.5 Å². The summed E-state index contributed by atoms with van der Waals surface area (Å²) in [4.78, 5) is 14.9. The highest BCUT2D eigenvalue weighted by atomic mass is 32.2. The second-order valence-corrected chi connectivity index (χ2v) is 6.44. The molecule has 0 saturated carbocycles. The fraction of sp³-hybridized carbons (Fsp3) is 0.538. The van der Waals surface area contributed by atoms with Crippen LogP contribution >= 0.6 is 0 Å². The van der Waals surface area contributed by atoms with Crippen molar-refractivity contribution in [3.63, 3.8) is 0 Å². The van der Waals surface area contributed by atoms with Crippen LogP contribution in [0.25, 0.3) is 0 Å². The number of nitrogens with one attached hydrogen (secondary N) is 1. The van der Waals surface area contributed by atoms with Gasteiger partial charge in [0, 0.05) is 26.1 Å². The Bertz CT molecular complexity index is 533. The van der Waals surface area contributed by atoms with Crippen molar-refractivity contribution in [1.82, 2.24) is 9.71 Å². The van der Waals surface area contributed by atoms with Gasteiger partial charge in [-0.05, 0) is 37.0 Å². The molecule has 1 aromatic heterocycles. The van der Waals surface area contributed by atoms with Crippen LogP contribution in [0.5, 0.6) is 0 Å². The predicted molar refractivity (Wildman–Crippen MR) is 77.4 cm³/mol. The highest BCUT2D eigenvalue weighted by Gasteiger charge is 2.23. The maximum absolute atomic E-state index is 11.9. The molecule has 1 atom stereocenters. The minimum Gasteiger partial charge on any atom is -0.480 e. The number of methoxy groups -OCH3 is 1. The number of sulfonamides is 1. The summed E-state index contributed by atoms with van der Waals surface area (Å²) in [6, 6.07) is 2.33. The van der Waals surface area contributed by atoms with Crippen molar-refractivity contribution in [2.24, 2.45) is 0 Å². The Morgan fingerprint density at radius 3 is 2.67 bits per heavy atom. The number of hydrogen-bond acceptors (Lipinski definition) is 5.